The van der Waals surface area contributed by atoms with Crippen molar-refractivity contribution in [1.82, 2.24) is 4.90 Å². The number of rotatable bonds is 4. The highest BCUT2D eigenvalue weighted by molar-refractivity contribution is 6.02. The average molecular weight is 606 g/mol. The van der Waals surface area contributed by atoms with Crippen LogP contribution in [0.4, 0.5) is 0 Å². The van der Waals surface area contributed by atoms with Gasteiger partial charge >= 0.3 is 0 Å². The third-order valence-corrected chi connectivity index (χ3v) is 10.8. The number of hydrogen-bond donors (Lipinski definition) is 0. The van der Waals surface area contributed by atoms with E-state index in [4.69, 9.17) is 33.2 Å². The first kappa shape index (κ1) is 30.5. The molecule has 9 rings (SSSR count). The average Bonchev–Trinajstić information content (AvgIpc) is 3.45. The molecule has 6 aliphatic rings. The fraction of sp³-hybridized carbons (Fsp3) is 0.611. The van der Waals surface area contributed by atoms with E-state index in [2.05, 4.69) is 59.5 Å². The quantitative estimate of drug-likeness (QED) is 0.229. The molecule has 4 aliphatic heterocycles. The number of fused-ring (bicyclic) bond motifs is 16. The van der Waals surface area contributed by atoms with Gasteiger partial charge < -0.3 is 33.2 Å². The normalized spacial score (nSPS) is 32.0. The summed E-state index contributed by atoms with van der Waals surface area (Å²) >= 11 is 0. The summed E-state index contributed by atoms with van der Waals surface area (Å²) in [4.78, 5) is 2.44. The molecule has 2 bridgehead atoms. The van der Waals surface area contributed by atoms with E-state index in [1.807, 2.05) is 0 Å². The largest absolute Gasteiger partial charge is 0.378 e. The van der Waals surface area contributed by atoms with E-state index >= 15 is 0 Å². The Morgan fingerprint density at radius 2 is 1.18 bits per heavy atom. The van der Waals surface area contributed by atoms with Gasteiger partial charge in [-0.05, 0) is 46.0 Å². The van der Waals surface area contributed by atoms with Gasteiger partial charge in [-0.2, -0.15) is 0 Å². The van der Waals surface area contributed by atoms with Gasteiger partial charge in [0.2, 0.25) is 5.79 Å². The number of hydrogen-bond acceptors (Lipinski definition) is 8. The van der Waals surface area contributed by atoms with Crippen LogP contribution in [0.5, 0.6) is 0 Å². The monoisotopic (exact) mass is 605 g/mol. The van der Waals surface area contributed by atoms with Crippen LogP contribution in [0.1, 0.15) is 31.2 Å². The summed E-state index contributed by atoms with van der Waals surface area (Å²) in [6.45, 7) is 6.52. The van der Waals surface area contributed by atoms with Crippen molar-refractivity contribution in [1.29, 1.82) is 0 Å². The van der Waals surface area contributed by atoms with Crippen molar-refractivity contribution in [3.8, 4) is 0 Å². The number of nitrogens with zero attached hydrogens (tertiary/aromatic N) is 1. The van der Waals surface area contributed by atoms with Crippen LogP contribution in [0.25, 0.3) is 21.5 Å². The molecule has 0 aromatic heterocycles. The maximum absolute atomic E-state index is 6.86. The molecule has 0 radical (unpaired) electrons. The molecule has 6 fully saturated rings. The molecule has 3 aromatic rings. The molecule has 0 N–H and O–H groups in total. The third-order valence-electron chi connectivity index (χ3n) is 10.8. The Balaban J connectivity index is 1.06. The lowest BCUT2D eigenvalue weighted by molar-refractivity contribution is -0.479. The predicted octanol–water partition coefficient (Wildman–Crippen LogP) is 5.19. The van der Waals surface area contributed by atoms with Crippen LogP contribution in [-0.4, -0.2) is 102 Å². The standard InChI is InChI=1S/C36H47NO7/c1-38-36(39-2)34-25-42-21-19-40-17-15-37(24-31-29-11-5-3-9-27(29)23-28-10-4-6-12-30(28)31)16-18-41-20-22-43-26-35(36,44-34)33-14-8-7-13-32(33)34/h3-6,9-12,23,32-33H,7-8,13-22,24-26H2,1-2H3/t32?,33?,34-,35+. The summed E-state index contributed by atoms with van der Waals surface area (Å²) in [7, 11) is 3.47. The lowest BCUT2D eigenvalue weighted by Gasteiger charge is -2.62. The van der Waals surface area contributed by atoms with Gasteiger partial charge in [0.25, 0.3) is 0 Å². The SMILES string of the molecule is COC1(OC)[C@@]23COCCOCCN(Cc4c5ccccc5cc5ccccc45)CCOCCOC[C@@]1(O2)C1CCCCC13. The van der Waals surface area contributed by atoms with Gasteiger partial charge in [-0.25, -0.2) is 0 Å². The summed E-state index contributed by atoms with van der Waals surface area (Å²) in [6.07, 6.45) is 4.56. The first-order valence-electron chi connectivity index (χ1n) is 16.4. The molecular formula is C36H47NO7. The van der Waals surface area contributed by atoms with Crippen LogP contribution < -0.4 is 0 Å². The highest BCUT2D eigenvalue weighted by atomic mass is 16.8. The summed E-state index contributed by atoms with van der Waals surface area (Å²) < 4.78 is 44.2. The molecule has 2 unspecified atom stereocenters. The first-order valence-corrected chi connectivity index (χ1v) is 16.4. The van der Waals surface area contributed by atoms with Crippen molar-refractivity contribution >= 4 is 21.5 Å². The van der Waals surface area contributed by atoms with E-state index in [1.165, 1.54) is 39.9 Å². The highest BCUT2D eigenvalue weighted by Crippen LogP contribution is 2.72. The first-order chi connectivity index (χ1) is 21.7. The molecule has 2 aliphatic carbocycles. The Hall–Kier alpha value is -2.14. The van der Waals surface area contributed by atoms with E-state index in [1.54, 1.807) is 14.2 Å². The fourth-order valence-electron chi connectivity index (χ4n) is 8.94. The van der Waals surface area contributed by atoms with Gasteiger partial charge in [0.1, 0.15) is 0 Å². The van der Waals surface area contributed by atoms with Crippen molar-refractivity contribution in [2.24, 2.45) is 11.8 Å². The Bertz CT molecular complexity index is 1330. The second kappa shape index (κ2) is 12.9. The van der Waals surface area contributed by atoms with Gasteiger partial charge in [-0.15, -0.1) is 0 Å². The number of methoxy groups -OCH3 is 2. The Labute approximate surface area is 260 Å². The molecule has 238 valence electrons. The molecule has 0 amide bonds. The minimum atomic E-state index is -0.890. The Kier molecular flexibility index (Phi) is 8.97. The second-order valence-electron chi connectivity index (χ2n) is 12.8. The minimum absolute atomic E-state index is 0.317. The summed E-state index contributed by atoms with van der Waals surface area (Å²) in [5.74, 6) is -0.255. The van der Waals surface area contributed by atoms with E-state index < -0.39 is 17.0 Å². The Morgan fingerprint density at radius 3 is 1.70 bits per heavy atom. The molecule has 4 atom stereocenters. The lowest BCUT2D eigenvalue weighted by Crippen LogP contribution is -2.81. The zero-order valence-corrected chi connectivity index (χ0v) is 26.3. The predicted molar refractivity (Wildman–Crippen MR) is 169 cm³/mol. The minimum Gasteiger partial charge on any atom is -0.378 e. The number of ether oxygens (including phenoxy) is 7. The zero-order valence-electron chi connectivity index (χ0n) is 26.3. The van der Waals surface area contributed by atoms with Crippen LogP contribution in [0, 0.1) is 11.8 Å². The van der Waals surface area contributed by atoms with Gasteiger partial charge in [0.15, 0.2) is 11.2 Å². The van der Waals surface area contributed by atoms with Crippen molar-refractivity contribution in [3.05, 3.63) is 60.2 Å². The maximum Gasteiger partial charge on any atom is 0.232 e. The van der Waals surface area contributed by atoms with Crippen LogP contribution in [0.15, 0.2) is 54.6 Å². The number of benzene rings is 3. The topological polar surface area (TPSA) is 67.9 Å². The van der Waals surface area contributed by atoms with Gasteiger partial charge in [0.05, 0.1) is 52.9 Å². The highest BCUT2D eigenvalue weighted by Gasteiger charge is 2.89. The van der Waals surface area contributed by atoms with Gasteiger partial charge in [-0.3, -0.25) is 4.90 Å². The fourth-order valence-corrected chi connectivity index (χ4v) is 8.94. The molecule has 8 heteroatoms. The summed E-state index contributed by atoms with van der Waals surface area (Å²) in [6, 6.07) is 19.7. The van der Waals surface area contributed by atoms with Gasteiger partial charge in [-0.1, -0.05) is 61.4 Å². The zero-order chi connectivity index (χ0) is 30.0. The maximum atomic E-state index is 6.86. The second-order valence-corrected chi connectivity index (χ2v) is 12.8. The van der Waals surface area contributed by atoms with Gasteiger partial charge in [0, 0.05) is 45.7 Å². The molecular weight excluding hydrogens is 558 g/mol. The van der Waals surface area contributed by atoms with Crippen molar-refractivity contribution in [2.45, 2.75) is 49.2 Å². The molecule has 4 saturated heterocycles. The summed E-state index contributed by atoms with van der Waals surface area (Å²) in [5, 5.41) is 5.13. The lowest BCUT2D eigenvalue weighted by atomic mass is 9.76. The molecule has 44 heavy (non-hydrogen) atoms. The molecule has 0 spiro atoms. The van der Waals surface area contributed by atoms with E-state index in [9.17, 15) is 0 Å². The van der Waals surface area contributed by atoms with E-state index in [0.29, 0.717) is 64.7 Å². The van der Waals surface area contributed by atoms with Crippen molar-refractivity contribution < 1.29 is 33.2 Å². The molecule has 2 saturated carbocycles. The van der Waals surface area contributed by atoms with Crippen molar-refractivity contribution in [2.75, 3.05) is 80.2 Å². The molecule has 4 heterocycles. The van der Waals surface area contributed by atoms with Crippen LogP contribution in [0.2, 0.25) is 0 Å². The smallest absolute Gasteiger partial charge is 0.232 e. The van der Waals surface area contributed by atoms with Crippen LogP contribution in [-0.2, 0) is 39.7 Å². The van der Waals surface area contributed by atoms with Crippen LogP contribution in [0.3, 0.4) is 0 Å². The summed E-state index contributed by atoms with van der Waals surface area (Å²) in [5.41, 5.74) is 0.0810. The van der Waals surface area contributed by atoms with Crippen LogP contribution >= 0.6 is 0 Å². The Morgan fingerprint density at radius 1 is 0.682 bits per heavy atom. The third kappa shape index (κ3) is 4.90. The molecule has 3 aromatic carbocycles. The molecule has 8 nitrogen and oxygen atoms in total. The van der Waals surface area contributed by atoms with E-state index in [-0.39, 0.29) is 0 Å². The van der Waals surface area contributed by atoms with Crippen molar-refractivity contribution in [3.63, 3.8) is 0 Å². The van der Waals surface area contributed by atoms with E-state index in [0.717, 1.165) is 32.5 Å².